The Balaban J connectivity index is 1.38. The second kappa shape index (κ2) is 8.57. The van der Waals surface area contributed by atoms with Crippen LogP contribution in [0.2, 0.25) is 0 Å². The van der Waals surface area contributed by atoms with Gasteiger partial charge in [-0.05, 0) is 19.1 Å². The lowest BCUT2D eigenvalue weighted by atomic mass is 10.1. The van der Waals surface area contributed by atoms with Crippen molar-refractivity contribution in [2.24, 2.45) is 7.05 Å². The fourth-order valence-electron chi connectivity index (χ4n) is 2.96. The number of aromatic nitrogens is 3. The molecule has 0 bridgehead atoms. The van der Waals surface area contributed by atoms with Gasteiger partial charge in [0.05, 0.1) is 19.0 Å². The molecule has 2 heterocycles. The zero-order valence-corrected chi connectivity index (χ0v) is 17.2. The van der Waals surface area contributed by atoms with Crippen molar-refractivity contribution in [1.82, 2.24) is 14.8 Å². The Morgan fingerprint density at radius 1 is 1.10 bits per heavy atom. The van der Waals surface area contributed by atoms with Crippen molar-refractivity contribution in [2.75, 3.05) is 24.3 Å². The number of hydrogen-bond acceptors (Lipinski definition) is 6. The number of fused-ring (bicyclic) bond motifs is 1. The van der Waals surface area contributed by atoms with Crippen LogP contribution in [0.25, 0.3) is 11.4 Å². The minimum Gasteiger partial charge on any atom is -0.490 e. The Kier molecular flexibility index (Phi) is 5.71. The van der Waals surface area contributed by atoms with Gasteiger partial charge in [-0.3, -0.25) is 4.79 Å². The number of aryl methyl sites for hydroxylation is 1. The monoisotopic (exact) mass is 410 g/mol. The lowest BCUT2D eigenvalue weighted by Crippen LogP contribution is -2.14. The van der Waals surface area contributed by atoms with Crippen LogP contribution in [0.1, 0.15) is 12.0 Å². The highest BCUT2D eigenvalue weighted by molar-refractivity contribution is 7.99. The van der Waals surface area contributed by atoms with Crippen LogP contribution in [-0.2, 0) is 11.8 Å². The highest BCUT2D eigenvalue weighted by atomic mass is 32.2. The first-order valence-electron chi connectivity index (χ1n) is 9.39. The Morgan fingerprint density at radius 3 is 2.66 bits per heavy atom. The first-order valence-corrected chi connectivity index (χ1v) is 10.4. The van der Waals surface area contributed by atoms with Gasteiger partial charge in [-0.25, -0.2) is 0 Å². The molecule has 29 heavy (non-hydrogen) atoms. The van der Waals surface area contributed by atoms with E-state index in [-0.39, 0.29) is 11.7 Å². The van der Waals surface area contributed by atoms with Crippen molar-refractivity contribution >= 4 is 23.4 Å². The van der Waals surface area contributed by atoms with E-state index in [0.717, 1.165) is 17.8 Å². The van der Waals surface area contributed by atoms with E-state index in [0.29, 0.717) is 35.6 Å². The number of carbonyl (C=O) groups is 1. The van der Waals surface area contributed by atoms with Crippen LogP contribution in [0.15, 0.2) is 47.6 Å². The van der Waals surface area contributed by atoms with Gasteiger partial charge < -0.3 is 19.4 Å². The van der Waals surface area contributed by atoms with Gasteiger partial charge in [0.25, 0.3) is 0 Å². The molecule has 0 fully saturated rings. The van der Waals surface area contributed by atoms with E-state index < -0.39 is 0 Å². The average molecular weight is 410 g/mol. The van der Waals surface area contributed by atoms with Gasteiger partial charge in [-0.1, -0.05) is 41.6 Å². The largest absolute Gasteiger partial charge is 0.490 e. The number of thioether (sulfide) groups is 1. The molecule has 0 radical (unpaired) electrons. The number of nitrogens with one attached hydrogen (secondary N) is 1. The summed E-state index contributed by atoms with van der Waals surface area (Å²) in [6, 6.07) is 13.5. The lowest BCUT2D eigenvalue weighted by Gasteiger charge is -2.10. The molecule has 1 N–H and O–H groups in total. The third kappa shape index (κ3) is 4.54. The van der Waals surface area contributed by atoms with Crippen molar-refractivity contribution in [2.45, 2.75) is 18.5 Å². The first kappa shape index (κ1) is 19.3. The fraction of sp³-hybridized carbons (Fsp3) is 0.286. The summed E-state index contributed by atoms with van der Waals surface area (Å²) in [6.45, 7) is 3.29. The molecular formula is C21H22N4O3S. The first-order chi connectivity index (χ1) is 14.1. The smallest absolute Gasteiger partial charge is 0.234 e. The lowest BCUT2D eigenvalue weighted by molar-refractivity contribution is -0.113. The van der Waals surface area contributed by atoms with Gasteiger partial charge in [0.2, 0.25) is 5.91 Å². The van der Waals surface area contributed by atoms with Gasteiger partial charge in [-0.2, -0.15) is 0 Å². The summed E-state index contributed by atoms with van der Waals surface area (Å²) in [6.07, 6.45) is 0.843. The predicted molar refractivity (Wildman–Crippen MR) is 113 cm³/mol. The van der Waals surface area contributed by atoms with Gasteiger partial charge in [0, 0.05) is 30.8 Å². The zero-order valence-electron chi connectivity index (χ0n) is 16.3. The zero-order chi connectivity index (χ0) is 20.2. The summed E-state index contributed by atoms with van der Waals surface area (Å²) in [5, 5.41) is 12.1. The van der Waals surface area contributed by atoms with Gasteiger partial charge in [0.15, 0.2) is 22.5 Å². The third-order valence-corrected chi connectivity index (χ3v) is 5.53. The van der Waals surface area contributed by atoms with E-state index in [2.05, 4.69) is 15.5 Å². The van der Waals surface area contributed by atoms with Crippen molar-refractivity contribution in [1.29, 1.82) is 0 Å². The van der Waals surface area contributed by atoms with Gasteiger partial charge in [0.1, 0.15) is 0 Å². The molecule has 2 aromatic carbocycles. The topological polar surface area (TPSA) is 78.3 Å². The number of amides is 1. The molecule has 1 amide bonds. The standard InChI is InChI=1S/C21H22N4O3S/c1-14-4-6-15(7-5-14)20-23-24-21(25(20)2)29-13-19(26)22-16-8-9-17-18(12-16)28-11-3-10-27-17/h4-9,12H,3,10-11,13H2,1-2H3,(H,22,26). The number of nitrogens with zero attached hydrogens (tertiary/aromatic N) is 3. The van der Waals surface area contributed by atoms with Crippen LogP contribution in [-0.4, -0.2) is 39.6 Å². The number of rotatable bonds is 5. The number of anilines is 1. The fourth-order valence-corrected chi connectivity index (χ4v) is 3.67. The minimum atomic E-state index is -0.121. The summed E-state index contributed by atoms with van der Waals surface area (Å²) in [4.78, 5) is 12.4. The molecule has 0 saturated heterocycles. The molecule has 0 unspecified atom stereocenters. The SMILES string of the molecule is Cc1ccc(-c2nnc(SCC(=O)Nc3ccc4c(c3)OCCCO4)n2C)cc1. The Labute approximate surface area is 173 Å². The summed E-state index contributed by atoms with van der Waals surface area (Å²) in [5.41, 5.74) is 2.87. The molecular weight excluding hydrogens is 388 g/mol. The highest BCUT2D eigenvalue weighted by Gasteiger charge is 2.15. The molecule has 4 rings (SSSR count). The summed E-state index contributed by atoms with van der Waals surface area (Å²) in [5.74, 6) is 2.25. The van der Waals surface area contributed by atoms with Crippen molar-refractivity contribution in [3.63, 3.8) is 0 Å². The average Bonchev–Trinajstić information content (AvgIpc) is 2.93. The maximum atomic E-state index is 12.4. The summed E-state index contributed by atoms with van der Waals surface area (Å²) in [7, 11) is 1.90. The predicted octanol–water partition coefficient (Wildman–Crippen LogP) is 3.68. The van der Waals surface area contributed by atoms with Crippen LogP contribution in [0.4, 0.5) is 5.69 Å². The molecule has 150 valence electrons. The number of benzene rings is 2. The van der Waals surface area contributed by atoms with Crippen LogP contribution in [0, 0.1) is 6.92 Å². The third-order valence-electron chi connectivity index (χ3n) is 4.51. The van der Waals surface area contributed by atoms with Crippen LogP contribution in [0.3, 0.4) is 0 Å². The number of hydrogen-bond donors (Lipinski definition) is 1. The van der Waals surface area contributed by atoms with Crippen LogP contribution < -0.4 is 14.8 Å². The van der Waals surface area contributed by atoms with Crippen molar-refractivity contribution < 1.29 is 14.3 Å². The molecule has 3 aromatic rings. The maximum absolute atomic E-state index is 12.4. The van der Waals surface area contributed by atoms with E-state index in [1.165, 1.54) is 17.3 Å². The van der Waals surface area contributed by atoms with E-state index in [1.807, 2.05) is 54.9 Å². The molecule has 1 aliphatic heterocycles. The molecule has 8 heteroatoms. The summed E-state index contributed by atoms with van der Waals surface area (Å²) >= 11 is 1.35. The molecule has 0 atom stereocenters. The van der Waals surface area contributed by atoms with Gasteiger partial charge in [-0.15, -0.1) is 10.2 Å². The van der Waals surface area contributed by atoms with E-state index in [1.54, 1.807) is 6.07 Å². The number of carbonyl (C=O) groups excluding carboxylic acids is 1. The minimum absolute atomic E-state index is 0.121. The van der Waals surface area contributed by atoms with E-state index in [9.17, 15) is 4.79 Å². The Morgan fingerprint density at radius 2 is 1.86 bits per heavy atom. The normalized spacial score (nSPS) is 13.0. The quantitative estimate of drug-likeness (QED) is 0.647. The molecule has 7 nitrogen and oxygen atoms in total. The Bertz CT molecular complexity index is 1020. The molecule has 0 saturated carbocycles. The van der Waals surface area contributed by atoms with Crippen molar-refractivity contribution in [3.05, 3.63) is 48.0 Å². The van der Waals surface area contributed by atoms with Crippen LogP contribution in [0.5, 0.6) is 11.5 Å². The van der Waals surface area contributed by atoms with E-state index in [4.69, 9.17) is 9.47 Å². The maximum Gasteiger partial charge on any atom is 0.234 e. The summed E-state index contributed by atoms with van der Waals surface area (Å²) < 4.78 is 13.2. The Hall–Kier alpha value is -3.00. The molecule has 0 spiro atoms. The molecule has 1 aromatic heterocycles. The van der Waals surface area contributed by atoms with Crippen molar-refractivity contribution in [3.8, 4) is 22.9 Å². The van der Waals surface area contributed by atoms with Gasteiger partial charge >= 0.3 is 0 Å². The highest BCUT2D eigenvalue weighted by Crippen LogP contribution is 2.32. The van der Waals surface area contributed by atoms with Crippen LogP contribution >= 0.6 is 11.8 Å². The number of ether oxygens (including phenoxy) is 2. The molecule has 0 aliphatic carbocycles. The van der Waals surface area contributed by atoms with E-state index >= 15 is 0 Å². The second-order valence-electron chi connectivity index (χ2n) is 6.78. The second-order valence-corrected chi connectivity index (χ2v) is 7.72. The molecule has 1 aliphatic rings.